The van der Waals surface area contributed by atoms with Gasteiger partial charge in [-0.3, -0.25) is 4.79 Å². The van der Waals surface area contributed by atoms with Crippen LogP contribution in [0, 0.1) is 5.92 Å². The van der Waals surface area contributed by atoms with Crippen LogP contribution in [0.1, 0.15) is 64.0 Å². The number of hydrogen-bond donors (Lipinski definition) is 1. The molecule has 0 unspecified atom stereocenters. The molecule has 1 aromatic carbocycles. The standard InChI is InChI=1S/C19H29NO2/c1-3-4-6-11-17-13-12-15(2)19(22)20(17)18(14-21)16-9-7-5-8-10-16/h5,7-10,15,17-18,21H,3-4,6,11-14H2,1-2H3/t15-,17-,18-/m0/s1. The van der Waals surface area contributed by atoms with Crippen LogP contribution in [0.5, 0.6) is 0 Å². The van der Waals surface area contributed by atoms with E-state index in [-0.39, 0.29) is 30.5 Å². The molecule has 0 aliphatic carbocycles. The van der Waals surface area contributed by atoms with E-state index in [0.717, 1.165) is 31.2 Å². The fraction of sp³-hybridized carbons (Fsp3) is 0.632. The molecule has 0 aromatic heterocycles. The monoisotopic (exact) mass is 303 g/mol. The Morgan fingerprint density at radius 3 is 2.59 bits per heavy atom. The Morgan fingerprint density at radius 2 is 1.95 bits per heavy atom. The van der Waals surface area contributed by atoms with Crippen molar-refractivity contribution in [1.82, 2.24) is 4.90 Å². The van der Waals surface area contributed by atoms with Gasteiger partial charge >= 0.3 is 0 Å². The van der Waals surface area contributed by atoms with Crippen molar-refractivity contribution >= 4 is 5.91 Å². The molecule has 1 heterocycles. The van der Waals surface area contributed by atoms with E-state index in [0.29, 0.717) is 0 Å². The van der Waals surface area contributed by atoms with E-state index in [1.807, 2.05) is 42.2 Å². The summed E-state index contributed by atoms with van der Waals surface area (Å²) in [4.78, 5) is 14.7. The first-order chi connectivity index (χ1) is 10.7. The van der Waals surface area contributed by atoms with Crippen molar-refractivity contribution in [1.29, 1.82) is 0 Å². The largest absolute Gasteiger partial charge is 0.394 e. The molecule has 0 spiro atoms. The second-order valence-corrected chi connectivity index (χ2v) is 6.48. The second-order valence-electron chi connectivity index (χ2n) is 6.48. The van der Waals surface area contributed by atoms with Gasteiger partial charge in [0.15, 0.2) is 0 Å². The predicted octanol–water partition coefficient (Wildman–Crippen LogP) is 3.93. The average molecular weight is 303 g/mol. The summed E-state index contributed by atoms with van der Waals surface area (Å²) in [5, 5.41) is 9.93. The van der Waals surface area contributed by atoms with E-state index in [2.05, 4.69) is 6.92 Å². The van der Waals surface area contributed by atoms with Gasteiger partial charge in [0.25, 0.3) is 0 Å². The molecular weight excluding hydrogens is 274 g/mol. The number of carbonyl (C=O) groups excluding carboxylic acids is 1. The maximum atomic E-state index is 12.8. The third kappa shape index (κ3) is 3.89. The molecule has 0 radical (unpaired) electrons. The third-order valence-electron chi connectivity index (χ3n) is 4.84. The lowest BCUT2D eigenvalue weighted by Gasteiger charge is -2.43. The summed E-state index contributed by atoms with van der Waals surface area (Å²) in [5.41, 5.74) is 1.04. The van der Waals surface area contributed by atoms with E-state index >= 15 is 0 Å². The maximum absolute atomic E-state index is 12.8. The van der Waals surface area contributed by atoms with Crippen molar-refractivity contribution in [2.45, 2.75) is 64.5 Å². The van der Waals surface area contributed by atoms with Gasteiger partial charge in [0.05, 0.1) is 12.6 Å². The summed E-state index contributed by atoms with van der Waals surface area (Å²) < 4.78 is 0. The van der Waals surface area contributed by atoms with E-state index < -0.39 is 0 Å². The summed E-state index contributed by atoms with van der Waals surface area (Å²) in [6.45, 7) is 4.20. The van der Waals surface area contributed by atoms with Gasteiger partial charge in [-0.2, -0.15) is 0 Å². The molecule has 1 N–H and O–H groups in total. The molecule has 3 atom stereocenters. The Bertz CT molecular complexity index is 460. The van der Waals surface area contributed by atoms with Crippen LogP contribution in [0.3, 0.4) is 0 Å². The zero-order chi connectivity index (χ0) is 15.9. The maximum Gasteiger partial charge on any atom is 0.226 e. The number of likely N-dealkylation sites (tertiary alicyclic amines) is 1. The lowest BCUT2D eigenvalue weighted by Crippen LogP contribution is -2.50. The van der Waals surface area contributed by atoms with Crippen LogP contribution in [0.4, 0.5) is 0 Å². The Hall–Kier alpha value is -1.35. The zero-order valence-electron chi connectivity index (χ0n) is 13.9. The molecule has 1 aromatic rings. The molecule has 22 heavy (non-hydrogen) atoms. The van der Waals surface area contributed by atoms with E-state index in [1.54, 1.807) is 0 Å². The summed E-state index contributed by atoms with van der Waals surface area (Å²) in [5.74, 6) is 0.274. The van der Waals surface area contributed by atoms with Gasteiger partial charge in [-0.25, -0.2) is 0 Å². The number of aliphatic hydroxyl groups excluding tert-OH is 1. The number of piperidine rings is 1. The number of hydrogen-bond acceptors (Lipinski definition) is 2. The molecule has 2 rings (SSSR count). The highest BCUT2D eigenvalue weighted by molar-refractivity contribution is 5.80. The number of aliphatic hydroxyl groups is 1. The highest BCUT2D eigenvalue weighted by Gasteiger charge is 2.37. The second kappa shape index (κ2) is 8.33. The summed E-state index contributed by atoms with van der Waals surface area (Å²) in [6.07, 6.45) is 6.64. The van der Waals surface area contributed by atoms with E-state index in [4.69, 9.17) is 0 Å². The topological polar surface area (TPSA) is 40.5 Å². The molecule has 1 aliphatic heterocycles. The van der Waals surface area contributed by atoms with Gasteiger partial charge in [0.2, 0.25) is 5.91 Å². The summed E-state index contributed by atoms with van der Waals surface area (Å²) in [7, 11) is 0. The quantitative estimate of drug-likeness (QED) is 0.775. The molecule has 122 valence electrons. The predicted molar refractivity (Wildman–Crippen MR) is 89.4 cm³/mol. The first-order valence-electron chi connectivity index (χ1n) is 8.67. The van der Waals surface area contributed by atoms with Crippen molar-refractivity contribution in [3.05, 3.63) is 35.9 Å². The van der Waals surface area contributed by atoms with Crippen molar-refractivity contribution in [3.63, 3.8) is 0 Å². The van der Waals surface area contributed by atoms with E-state index in [1.165, 1.54) is 12.8 Å². The van der Waals surface area contributed by atoms with E-state index in [9.17, 15) is 9.90 Å². The van der Waals surface area contributed by atoms with Crippen LogP contribution >= 0.6 is 0 Å². The molecule has 1 amide bonds. The fourth-order valence-electron chi connectivity index (χ4n) is 3.49. The average Bonchev–Trinajstić information content (AvgIpc) is 2.55. The van der Waals surface area contributed by atoms with Crippen LogP contribution in [-0.4, -0.2) is 28.6 Å². The first-order valence-corrected chi connectivity index (χ1v) is 8.67. The van der Waals surface area contributed by atoms with Crippen LogP contribution in [0.25, 0.3) is 0 Å². The van der Waals surface area contributed by atoms with Gasteiger partial charge in [-0.05, 0) is 24.8 Å². The molecule has 1 aliphatic rings. The first kappa shape index (κ1) is 17.0. The molecule has 1 fully saturated rings. The van der Waals surface area contributed by atoms with Gasteiger partial charge in [0.1, 0.15) is 0 Å². The number of nitrogens with zero attached hydrogens (tertiary/aromatic N) is 1. The van der Waals surface area contributed by atoms with Gasteiger partial charge in [-0.1, -0.05) is 63.4 Å². The van der Waals surface area contributed by atoms with Gasteiger partial charge in [0, 0.05) is 12.0 Å². The van der Waals surface area contributed by atoms with Crippen LogP contribution < -0.4 is 0 Å². The number of benzene rings is 1. The Morgan fingerprint density at radius 1 is 1.23 bits per heavy atom. The molecular formula is C19H29NO2. The highest BCUT2D eigenvalue weighted by Crippen LogP contribution is 2.33. The van der Waals surface area contributed by atoms with Crippen molar-refractivity contribution < 1.29 is 9.90 Å². The Kier molecular flexibility index (Phi) is 6.44. The zero-order valence-corrected chi connectivity index (χ0v) is 13.9. The molecule has 1 saturated heterocycles. The van der Waals surface area contributed by atoms with Crippen LogP contribution in [-0.2, 0) is 4.79 Å². The lowest BCUT2D eigenvalue weighted by molar-refractivity contribution is -0.146. The minimum Gasteiger partial charge on any atom is -0.394 e. The molecule has 0 bridgehead atoms. The lowest BCUT2D eigenvalue weighted by atomic mass is 9.88. The fourth-order valence-corrected chi connectivity index (χ4v) is 3.49. The number of unbranched alkanes of at least 4 members (excludes halogenated alkanes) is 2. The minimum atomic E-state index is -0.205. The van der Waals surface area contributed by atoms with Gasteiger partial charge < -0.3 is 10.0 Å². The number of amides is 1. The molecule has 3 nitrogen and oxygen atoms in total. The Labute approximate surface area is 134 Å². The SMILES string of the molecule is CCCCC[C@H]1CC[C@H](C)C(=O)N1[C@@H](CO)c1ccccc1. The third-order valence-corrected chi connectivity index (χ3v) is 4.84. The normalized spacial score (nSPS) is 23.6. The van der Waals surface area contributed by atoms with Crippen LogP contribution in [0.15, 0.2) is 30.3 Å². The minimum absolute atomic E-state index is 0.00719. The summed E-state index contributed by atoms with van der Waals surface area (Å²) >= 11 is 0. The summed E-state index contributed by atoms with van der Waals surface area (Å²) in [6, 6.07) is 10.0. The molecule has 3 heteroatoms. The van der Waals surface area contributed by atoms with Crippen molar-refractivity contribution in [2.24, 2.45) is 5.92 Å². The smallest absolute Gasteiger partial charge is 0.226 e. The number of carbonyl (C=O) groups is 1. The van der Waals surface area contributed by atoms with Crippen molar-refractivity contribution in [2.75, 3.05) is 6.61 Å². The Balaban J connectivity index is 2.20. The van der Waals surface area contributed by atoms with Crippen LogP contribution in [0.2, 0.25) is 0 Å². The molecule has 0 saturated carbocycles. The highest BCUT2D eigenvalue weighted by atomic mass is 16.3. The number of rotatable bonds is 7. The van der Waals surface area contributed by atoms with Crippen molar-refractivity contribution in [3.8, 4) is 0 Å². The van der Waals surface area contributed by atoms with Gasteiger partial charge in [-0.15, -0.1) is 0 Å².